The van der Waals surface area contributed by atoms with Crippen LogP contribution in [0, 0.1) is 24.1 Å². The fourth-order valence-corrected chi connectivity index (χ4v) is 1.40. The number of hydrogen-bond donors (Lipinski definition) is 1. The second-order valence-corrected chi connectivity index (χ2v) is 3.70. The van der Waals surface area contributed by atoms with Crippen molar-refractivity contribution in [3.8, 4) is 17.7 Å². The maximum Gasteiger partial charge on any atom is 0.237 e. The van der Waals surface area contributed by atoms with E-state index in [0.717, 1.165) is 6.07 Å². The van der Waals surface area contributed by atoms with E-state index in [1.165, 1.54) is 12.1 Å². The van der Waals surface area contributed by atoms with Gasteiger partial charge in [-0.15, -0.1) is 0 Å². The first kappa shape index (κ1) is 11.9. The van der Waals surface area contributed by atoms with Crippen molar-refractivity contribution in [3.05, 3.63) is 47.4 Å². The Kier molecular flexibility index (Phi) is 3.11. The highest BCUT2D eigenvalue weighted by molar-refractivity contribution is 5.54. The molecule has 1 heterocycles. The van der Waals surface area contributed by atoms with E-state index in [2.05, 4.69) is 4.98 Å². The molecule has 0 saturated carbocycles. The predicted molar refractivity (Wildman–Crippen MR) is 64.6 cm³/mol. The van der Waals surface area contributed by atoms with Gasteiger partial charge in [0.15, 0.2) is 5.75 Å². The maximum absolute atomic E-state index is 13.1. The summed E-state index contributed by atoms with van der Waals surface area (Å²) >= 11 is 0. The highest BCUT2D eigenvalue weighted by atomic mass is 19.1. The number of ether oxygens (including phenoxy) is 1. The molecule has 0 saturated heterocycles. The molecule has 2 N–H and O–H groups in total. The molecule has 90 valence electrons. The van der Waals surface area contributed by atoms with Gasteiger partial charge in [-0.2, -0.15) is 5.26 Å². The number of nitriles is 1. The Morgan fingerprint density at radius 2 is 2.11 bits per heavy atom. The van der Waals surface area contributed by atoms with Crippen LogP contribution in [0.3, 0.4) is 0 Å². The van der Waals surface area contributed by atoms with Gasteiger partial charge in [0, 0.05) is 11.8 Å². The second-order valence-electron chi connectivity index (χ2n) is 3.70. The van der Waals surface area contributed by atoms with Crippen molar-refractivity contribution in [3.63, 3.8) is 0 Å². The maximum atomic E-state index is 13.1. The van der Waals surface area contributed by atoms with Crippen LogP contribution in [0.5, 0.6) is 11.6 Å². The summed E-state index contributed by atoms with van der Waals surface area (Å²) in [5.41, 5.74) is 6.91. The van der Waals surface area contributed by atoms with E-state index in [1.807, 2.05) is 6.07 Å². The molecule has 0 spiro atoms. The van der Waals surface area contributed by atoms with Crippen LogP contribution in [0.2, 0.25) is 0 Å². The minimum absolute atomic E-state index is 0.120. The first-order valence-corrected chi connectivity index (χ1v) is 5.21. The third-order valence-corrected chi connectivity index (χ3v) is 2.30. The van der Waals surface area contributed by atoms with Crippen molar-refractivity contribution in [2.45, 2.75) is 6.92 Å². The SMILES string of the molecule is Cc1ccc(C#N)c(Oc2cc(F)ccc2N)n1. The molecular weight excluding hydrogens is 233 g/mol. The zero-order valence-electron chi connectivity index (χ0n) is 9.64. The molecule has 0 aliphatic carbocycles. The molecule has 1 aromatic carbocycles. The molecule has 4 nitrogen and oxygen atoms in total. The van der Waals surface area contributed by atoms with Crippen LogP contribution in [-0.4, -0.2) is 4.98 Å². The number of aryl methyl sites for hydroxylation is 1. The first-order valence-electron chi connectivity index (χ1n) is 5.21. The molecule has 0 unspecified atom stereocenters. The molecule has 0 radical (unpaired) electrons. The molecule has 0 aliphatic heterocycles. The van der Waals surface area contributed by atoms with E-state index in [0.29, 0.717) is 5.69 Å². The Hall–Kier alpha value is -2.61. The monoisotopic (exact) mass is 243 g/mol. The summed E-state index contributed by atoms with van der Waals surface area (Å²) in [7, 11) is 0. The van der Waals surface area contributed by atoms with Crippen LogP contribution in [0.1, 0.15) is 11.3 Å². The Morgan fingerprint density at radius 1 is 1.33 bits per heavy atom. The van der Waals surface area contributed by atoms with Crippen molar-refractivity contribution in [2.75, 3.05) is 5.73 Å². The van der Waals surface area contributed by atoms with Gasteiger partial charge in [0.2, 0.25) is 5.88 Å². The van der Waals surface area contributed by atoms with Crippen molar-refractivity contribution in [1.29, 1.82) is 5.26 Å². The number of rotatable bonds is 2. The minimum Gasteiger partial charge on any atom is -0.435 e. The van der Waals surface area contributed by atoms with Crippen LogP contribution >= 0.6 is 0 Å². The predicted octanol–water partition coefficient (Wildman–Crippen LogP) is 2.78. The lowest BCUT2D eigenvalue weighted by atomic mass is 10.2. The molecule has 0 amide bonds. The lowest BCUT2D eigenvalue weighted by Crippen LogP contribution is -1.97. The van der Waals surface area contributed by atoms with E-state index in [-0.39, 0.29) is 22.9 Å². The van der Waals surface area contributed by atoms with Crippen LogP contribution in [0.15, 0.2) is 30.3 Å². The number of nitrogens with zero attached hydrogens (tertiary/aromatic N) is 2. The fraction of sp³-hybridized carbons (Fsp3) is 0.0769. The molecule has 2 aromatic rings. The van der Waals surface area contributed by atoms with Crippen molar-refractivity contribution in [2.24, 2.45) is 0 Å². The fourth-order valence-electron chi connectivity index (χ4n) is 1.40. The topological polar surface area (TPSA) is 71.9 Å². The number of nitrogens with two attached hydrogens (primary N) is 1. The molecule has 0 aliphatic rings. The summed E-state index contributed by atoms with van der Waals surface area (Å²) < 4.78 is 18.5. The summed E-state index contributed by atoms with van der Waals surface area (Å²) in [6.07, 6.45) is 0. The quantitative estimate of drug-likeness (QED) is 0.823. The summed E-state index contributed by atoms with van der Waals surface area (Å²) in [5.74, 6) is -0.204. The van der Waals surface area contributed by atoms with Gasteiger partial charge >= 0.3 is 0 Å². The molecule has 0 bridgehead atoms. The Morgan fingerprint density at radius 3 is 2.83 bits per heavy atom. The van der Waals surface area contributed by atoms with Crippen LogP contribution in [-0.2, 0) is 0 Å². The molecule has 18 heavy (non-hydrogen) atoms. The molecule has 2 rings (SSSR count). The number of hydrogen-bond acceptors (Lipinski definition) is 4. The number of nitrogen functional groups attached to an aromatic ring is 1. The van der Waals surface area contributed by atoms with Gasteiger partial charge in [0.1, 0.15) is 17.4 Å². The third-order valence-electron chi connectivity index (χ3n) is 2.30. The lowest BCUT2D eigenvalue weighted by molar-refractivity contribution is 0.457. The van der Waals surface area contributed by atoms with Gasteiger partial charge in [-0.3, -0.25) is 0 Å². The Balaban J connectivity index is 2.43. The molecule has 0 atom stereocenters. The minimum atomic E-state index is -0.467. The van der Waals surface area contributed by atoms with Crippen LogP contribution < -0.4 is 10.5 Å². The highest BCUT2D eigenvalue weighted by Gasteiger charge is 2.09. The molecule has 5 heteroatoms. The van der Waals surface area contributed by atoms with Crippen molar-refractivity contribution >= 4 is 5.69 Å². The van der Waals surface area contributed by atoms with E-state index < -0.39 is 5.82 Å². The molecule has 1 aromatic heterocycles. The number of anilines is 1. The Bertz CT molecular complexity index is 635. The van der Waals surface area contributed by atoms with Gasteiger partial charge in [0.05, 0.1) is 5.69 Å². The Labute approximate surface area is 103 Å². The zero-order valence-corrected chi connectivity index (χ0v) is 9.64. The average Bonchev–Trinajstić information content (AvgIpc) is 2.34. The van der Waals surface area contributed by atoms with Gasteiger partial charge in [-0.05, 0) is 31.2 Å². The van der Waals surface area contributed by atoms with Gasteiger partial charge in [0.25, 0.3) is 0 Å². The molecule has 0 fully saturated rings. The largest absolute Gasteiger partial charge is 0.435 e. The number of benzene rings is 1. The van der Waals surface area contributed by atoms with Gasteiger partial charge in [-0.25, -0.2) is 9.37 Å². The van der Waals surface area contributed by atoms with E-state index >= 15 is 0 Å². The first-order chi connectivity index (χ1) is 8.60. The summed E-state index contributed by atoms with van der Waals surface area (Å²) in [6.45, 7) is 1.77. The average molecular weight is 243 g/mol. The number of pyridine rings is 1. The van der Waals surface area contributed by atoms with Crippen LogP contribution in [0.25, 0.3) is 0 Å². The zero-order chi connectivity index (χ0) is 13.1. The number of aromatic nitrogens is 1. The van der Waals surface area contributed by atoms with Crippen molar-refractivity contribution in [1.82, 2.24) is 4.98 Å². The van der Waals surface area contributed by atoms with Gasteiger partial charge in [-0.1, -0.05) is 0 Å². The summed E-state index contributed by atoms with van der Waals surface area (Å²) in [4.78, 5) is 4.09. The lowest BCUT2D eigenvalue weighted by Gasteiger charge is -2.09. The van der Waals surface area contributed by atoms with Crippen molar-refractivity contribution < 1.29 is 9.13 Å². The highest BCUT2D eigenvalue weighted by Crippen LogP contribution is 2.28. The third kappa shape index (κ3) is 2.38. The summed E-state index contributed by atoms with van der Waals surface area (Å²) in [6, 6.07) is 9.02. The van der Waals surface area contributed by atoms with E-state index in [1.54, 1.807) is 19.1 Å². The molecular formula is C13H10FN3O. The second kappa shape index (κ2) is 4.72. The van der Waals surface area contributed by atoms with Crippen LogP contribution in [0.4, 0.5) is 10.1 Å². The van der Waals surface area contributed by atoms with E-state index in [9.17, 15) is 4.39 Å². The summed E-state index contributed by atoms with van der Waals surface area (Å²) in [5, 5.41) is 8.94. The smallest absolute Gasteiger partial charge is 0.237 e. The van der Waals surface area contributed by atoms with Gasteiger partial charge < -0.3 is 10.5 Å². The van der Waals surface area contributed by atoms with E-state index in [4.69, 9.17) is 15.7 Å². The standard InChI is InChI=1S/C13H10FN3O/c1-8-2-3-9(7-15)13(17-8)18-12-6-10(14)4-5-11(12)16/h2-6H,16H2,1H3. The normalized spacial score (nSPS) is 9.83. The number of halogens is 1.